The molecule has 0 aliphatic carbocycles. The summed E-state index contributed by atoms with van der Waals surface area (Å²) in [4.78, 5) is 12.3. The summed E-state index contributed by atoms with van der Waals surface area (Å²) in [7, 11) is 0. The van der Waals surface area contributed by atoms with E-state index in [2.05, 4.69) is 6.58 Å². The minimum absolute atomic E-state index is 0.232. The fourth-order valence-corrected chi connectivity index (χ4v) is 1.74. The number of rotatable bonds is 6. The van der Waals surface area contributed by atoms with Crippen molar-refractivity contribution in [3.05, 3.63) is 48.1 Å². The zero-order valence-electron chi connectivity index (χ0n) is 10.1. The van der Waals surface area contributed by atoms with Gasteiger partial charge in [0.1, 0.15) is 11.6 Å². The number of nitrogens with zero attached hydrogens (tertiary/aromatic N) is 1. The highest BCUT2D eigenvalue weighted by Gasteiger charge is 2.20. The smallest absolute Gasteiger partial charge is 0.317 e. The van der Waals surface area contributed by atoms with Gasteiger partial charge in [0.2, 0.25) is 0 Å². The first kappa shape index (κ1) is 14.3. The van der Waals surface area contributed by atoms with Gasteiger partial charge in [0.05, 0.1) is 6.54 Å². The molecule has 3 nitrogen and oxygen atoms in total. The Hall–Kier alpha value is -1.75. The Kier molecular flexibility index (Phi) is 4.97. The van der Waals surface area contributed by atoms with Crippen molar-refractivity contribution in [2.45, 2.75) is 13.0 Å². The van der Waals surface area contributed by atoms with E-state index in [1.807, 2.05) is 0 Å². The Balaban J connectivity index is 2.96. The molecule has 0 amide bonds. The van der Waals surface area contributed by atoms with Crippen molar-refractivity contribution in [3.63, 3.8) is 0 Å². The van der Waals surface area contributed by atoms with Crippen molar-refractivity contribution in [2.24, 2.45) is 0 Å². The normalized spacial score (nSPS) is 12.4. The second kappa shape index (κ2) is 6.26. The summed E-state index contributed by atoms with van der Waals surface area (Å²) in [6, 6.07) is 2.80. The second-order valence-corrected chi connectivity index (χ2v) is 3.95. The number of aliphatic carboxylic acids is 1. The topological polar surface area (TPSA) is 40.5 Å². The van der Waals surface area contributed by atoms with Gasteiger partial charge in [0.15, 0.2) is 0 Å². The maximum Gasteiger partial charge on any atom is 0.317 e. The third kappa shape index (κ3) is 3.63. The number of carboxylic acids is 1. The van der Waals surface area contributed by atoms with E-state index in [9.17, 15) is 13.6 Å². The predicted octanol–water partition coefficient (Wildman–Crippen LogP) is 2.60. The summed E-state index contributed by atoms with van der Waals surface area (Å²) in [5, 5.41) is 8.79. The van der Waals surface area contributed by atoms with E-state index in [1.165, 1.54) is 11.0 Å². The van der Waals surface area contributed by atoms with Gasteiger partial charge < -0.3 is 5.11 Å². The Morgan fingerprint density at radius 2 is 2.22 bits per heavy atom. The van der Waals surface area contributed by atoms with Crippen LogP contribution in [0.4, 0.5) is 8.78 Å². The van der Waals surface area contributed by atoms with Gasteiger partial charge in [0.25, 0.3) is 0 Å². The molecule has 0 heterocycles. The van der Waals surface area contributed by atoms with Crippen molar-refractivity contribution in [1.82, 2.24) is 4.90 Å². The Morgan fingerprint density at radius 3 is 2.72 bits per heavy atom. The van der Waals surface area contributed by atoms with Gasteiger partial charge in [-0.15, -0.1) is 6.58 Å². The fourth-order valence-electron chi connectivity index (χ4n) is 1.74. The monoisotopic (exact) mass is 255 g/mol. The Morgan fingerprint density at radius 1 is 1.56 bits per heavy atom. The Bertz CT molecular complexity index is 449. The van der Waals surface area contributed by atoms with Gasteiger partial charge >= 0.3 is 5.97 Å². The number of hydrogen-bond donors (Lipinski definition) is 1. The molecular formula is C13H15F2NO2. The van der Waals surface area contributed by atoms with Crippen LogP contribution < -0.4 is 0 Å². The Labute approximate surface area is 104 Å². The molecule has 0 radical (unpaired) electrons. The average Bonchev–Trinajstić information content (AvgIpc) is 2.27. The number of carbonyl (C=O) groups is 1. The maximum absolute atomic E-state index is 13.6. The van der Waals surface area contributed by atoms with Crippen molar-refractivity contribution in [3.8, 4) is 0 Å². The van der Waals surface area contributed by atoms with Gasteiger partial charge in [-0.2, -0.15) is 0 Å². The highest BCUT2D eigenvalue weighted by molar-refractivity contribution is 5.69. The van der Waals surface area contributed by atoms with Crippen LogP contribution >= 0.6 is 0 Å². The zero-order chi connectivity index (χ0) is 13.7. The molecule has 18 heavy (non-hydrogen) atoms. The van der Waals surface area contributed by atoms with Crippen LogP contribution in [0.25, 0.3) is 0 Å². The first-order chi connectivity index (χ1) is 8.45. The molecule has 98 valence electrons. The molecule has 1 rings (SSSR count). The summed E-state index contributed by atoms with van der Waals surface area (Å²) >= 11 is 0. The third-order valence-corrected chi connectivity index (χ3v) is 2.66. The molecule has 1 aromatic rings. The fraction of sp³-hybridized carbons (Fsp3) is 0.308. The van der Waals surface area contributed by atoms with Crippen molar-refractivity contribution in [1.29, 1.82) is 0 Å². The van der Waals surface area contributed by atoms with Crippen LogP contribution in [0.5, 0.6) is 0 Å². The van der Waals surface area contributed by atoms with E-state index in [4.69, 9.17) is 5.11 Å². The highest BCUT2D eigenvalue weighted by Crippen LogP contribution is 2.23. The second-order valence-electron chi connectivity index (χ2n) is 3.95. The van der Waals surface area contributed by atoms with Gasteiger partial charge in [-0.25, -0.2) is 8.78 Å². The largest absolute Gasteiger partial charge is 0.480 e. The average molecular weight is 255 g/mol. The molecule has 1 aromatic carbocycles. The summed E-state index contributed by atoms with van der Waals surface area (Å²) in [5.74, 6) is -2.34. The minimum Gasteiger partial charge on any atom is -0.480 e. The van der Waals surface area contributed by atoms with E-state index in [1.54, 1.807) is 13.0 Å². The maximum atomic E-state index is 13.6. The van der Waals surface area contributed by atoms with Gasteiger partial charge in [-0.05, 0) is 13.0 Å². The molecule has 0 spiro atoms. The summed E-state index contributed by atoms with van der Waals surface area (Å²) < 4.78 is 26.4. The van der Waals surface area contributed by atoms with E-state index in [0.29, 0.717) is 6.54 Å². The third-order valence-electron chi connectivity index (χ3n) is 2.66. The summed E-state index contributed by atoms with van der Waals surface area (Å²) in [6.07, 6.45) is 1.54. The van der Waals surface area contributed by atoms with Crippen molar-refractivity contribution in [2.75, 3.05) is 13.1 Å². The SMILES string of the molecule is C=CCN(CC(=O)O)C(C)c1ccc(F)cc1F. The van der Waals surface area contributed by atoms with Crippen LogP contribution in [-0.2, 0) is 4.79 Å². The van der Waals surface area contributed by atoms with E-state index in [-0.39, 0.29) is 12.1 Å². The molecule has 1 unspecified atom stereocenters. The lowest BCUT2D eigenvalue weighted by atomic mass is 10.1. The van der Waals surface area contributed by atoms with E-state index in [0.717, 1.165) is 12.1 Å². The van der Waals surface area contributed by atoms with E-state index >= 15 is 0 Å². The standard InChI is InChI=1S/C13H15F2NO2/c1-3-6-16(8-13(17)18)9(2)11-5-4-10(14)7-12(11)15/h3-5,7,9H,1,6,8H2,2H3,(H,17,18). The van der Waals surface area contributed by atoms with Crippen LogP contribution in [0.15, 0.2) is 30.9 Å². The lowest BCUT2D eigenvalue weighted by Crippen LogP contribution is -2.33. The van der Waals surface area contributed by atoms with Crippen LogP contribution in [-0.4, -0.2) is 29.1 Å². The zero-order valence-corrected chi connectivity index (χ0v) is 10.1. The number of halogens is 2. The molecular weight excluding hydrogens is 240 g/mol. The van der Waals surface area contributed by atoms with Crippen molar-refractivity contribution >= 4 is 5.97 Å². The lowest BCUT2D eigenvalue weighted by molar-refractivity contribution is -0.138. The summed E-state index contributed by atoms with van der Waals surface area (Å²) in [6.45, 7) is 5.28. The molecule has 0 fully saturated rings. The molecule has 1 N–H and O–H groups in total. The van der Waals surface area contributed by atoms with Gasteiger partial charge in [-0.1, -0.05) is 12.1 Å². The molecule has 0 saturated carbocycles. The minimum atomic E-state index is -1.01. The lowest BCUT2D eigenvalue weighted by Gasteiger charge is -2.26. The molecule has 0 aliphatic rings. The van der Waals surface area contributed by atoms with Crippen LogP contribution in [0.2, 0.25) is 0 Å². The highest BCUT2D eigenvalue weighted by atomic mass is 19.1. The molecule has 0 bridgehead atoms. The summed E-state index contributed by atoms with van der Waals surface area (Å²) in [5.41, 5.74) is 0.263. The van der Waals surface area contributed by atoms with Crippen LogP contribution in [0.3, 0.4) is 0 Å². The van der Waals surface area contributed by atoms with Crippen molar-refractivity contribution < 1.29 is 18.7 Å². The molecule has 0 aliphatic heterocycles. The molecule has 0 saturated heterocycles. The van der Waals surface area contributed by atoms with Gasteiger partial charge in [0, 0.05) is 24.2 Å². The molecule has 5 heteroatoms. The first-order valence-electron chi connectivity index (χ1n) is 5.47. The number of carboxylic acid groups (broad SMARTS) is 1. The molecule has 0 aromatic heterocycles. The number of benzene rings is 1. The predicted molar refractivity (Wildman–Crippen MR) is 64.2 cm³/mol. The molecule has 1 atom stereocenters. The quantitative estimate of drug-likeness (QED) is 0.794. The van der Waals surface area contributed by atoms with Crippen LogP contribution in [0.1, 0.15) is 18.5 Å². The van der Waals surface area contributed by atoms with E-state index < -0.39 is 23.6 Å². The van der Waals surface area contributed by atoms with Crippen LogP contribution in [0, 0.1) is 11.6 Å². The van der Waals surface area contributed by atoms with Gasteiger partial charge in [-0.3, -0.25) is 9.69 Å². The number of hydrogen-bond acceptors (Lipinski definition) is 2. The first-order valence-corrected chi connectivity index (χ1v) is 5.47.